The van der Waals surface area contributed by atoms with Crippen molar-refractivity contribution >= 4 is 17.5 Å². The Hall–Kier alpha value is -2.04. The number of piperidine rings is 1. The number of aliphatic carboxylic acids is 1. The molecular formula is C13H17N3O2. The molecule has 1 aliphatic heterocycles. The Kier molecular flexibility index (Phi) is 3.50. The molecule has 0 saturated carbocycles. The standard InChI is InChI=1S/C13H17N3O2/c14-12(15)9-3-5-11(6-4-9)16-7-1-2-10(8-16)13(17)18/h3-6,10H,1-2,7-8H2,(H3,14,15)(H,17,18). The first kappa shape index (κ1) is 12.4. The van der Waals surface area contributed by atoms with E-state index >= 15 is 0 Å². The minimum Gasteiger partial charge on any atom is -0.481 e. The molecule has 4 N–H and O–H groups in total. The van der Waals surface area contributed by atoms with Crippen LogP contribution in [0.5, 0.6) is 0 Å². The van der Waals surface area contributed by atoms with Gasteiger partial charge in [0.15, 0.2) is 0 Å². The molecule has 2 rings (SSSR count). The SMILES string of the molecule is N=C(N)c1ccc(N2CCCC(C(=O)O)C2)cc1. The molecule has 18 heavy (non-hydrogen) atoms. The summed E-state index contributed by atoms with van der Waals surface area (Å²) < 4.78 is 0. The highest BCUT2D eigenvalue weighted by molar-refractivity contribution is 5.95. The van der Waals surface area contributed by atoms with Crippen LogP contribution in [-0.2, 0) is 4.79 Å². The fourth-order valence-corrected chi connectivity index (χ4v) is 2.27. The van der Waals surface area contributed by atoms with Crippen LogP contribution in [0.4, 0.5) is 5.69 Å². The molecule has 5 nitrogen and oxygen atoms in total. The van der Waals surface area contributed by atoms with E-state index in [1.165, 1.54) is 0 Å². The number of nitrogens with two attached hydrogens (primary N) is 1. The second kappa shape index (κ2) is 5.08. The van der Waals surface area contributed by atoms with Gasteiger partial charge in [-0.2, -0.15) is 0 Å². The molecule has 0 aliphatic carbocycles. The fraction of sp³-hybridized carbons (Fsp3) is 0.385. The molecule has 1 aromatic carbocycles. The fourth-order valence-electron chi connectivity index (χ4n) is 2.27. The van der Waals surface area contributed by atoms with E-state index in [2.05, 4.69) is 4.90 Å². The molecule has 1 unspecified atom stereocenters. The molecule has 5 heteroatoms. The van der Waals surface area contributed by atoms with E-state index in [1.807, 2.05) is 12.1 Å². The molecule has 0 spiro atoms. The van der Waals surface area contributed by atoms with Crippen molar-refractivity contribution in [3.63, 3.8) is 0 Å². The van der Waals surface area contributed by atoms with Gasteiger partial charge in [0.25, 0.3) is 0 Å². The van der Waals surface area contributed by atoms with Crippen LogP contribution in [0.2, 0.25) is 0 Å². The van der Waals surface area contributed by atoms with Gasteiger partial charge in [0.1, 0.15) is 5.84 Å². The molecule has 1 aromatic rings. The van der Waals surface area contributed by atoms with Crippen molar-refractivity contribution in [2.24, 2.45) is 11.7 Å². The van der Waals surface area contributed by atoms with Crippen LogP contribution < -0.4 is 10.6 Å². The smallest absolute Gasteiger partial charge is 0.308 e. The molecule has 0 aromatic heterocycles. The average Bonchev–Trinajstić information content (AvgIpc) is 2.39. The molecule has 0 radical (unpaired) electrons. The van der Waals surface area contributed by atoms with Gasteiger partial charge in [-0.05, 0) is 37.1 Å². The van der Waals surface area contributed by atoms with E-state index in [-0.39, 0.29) is 11.8 Å². The quantitative estimate of drug-likeness (QED) is 0.554. The van der Waals surface area contributed by atoms with Gasteiger partial charge in [0.05, 0.1) is 5.92 Å². The maximum absolute atomic E-state index is 11.0. The van der Waals surface area contributed by atoms with Crippen LogP contribution in [0.25, 0.3) is 0 Å². The van der Waals surface area contributed by atoms with Crippen LogP contribution in [0.1, 0.15) is 18.4 Å². The third-order valence-corrected chi connectivity index (χ3v) is 3.31. The molecular weight excluding hydrogens is 230 g/mol. The van der Waals surface area contributed by atoms with Crippen molar-refractivity contribution in [2.45, 2.75) is 12.8 Å². The predicted octanol–water partition coefficient (Wildman–Crippen LogP) is 1.27. The van der Waals surface area contributed by atoms with E-state index in [9.17, 15) is 4.79 Å². The molecule has 1 atom stereocenters. The first-order chi connectivity index (χ1) is 8.58. The van der Waals surface area contributed by atoms with E-state index in [1.54, 1.807) is 12.1 Å². The molecule has 96 valence electrons. The van der Waals surface area contributed by atoms with Crippen molar-refractivity contribution in [3.8, 4) is 0 Å². The molecule has 1 fully saturated rings. The van der Waals surface area contributed by atoms with E-state index in [4.69, 9.17) is 16.2 Å². The summed E-state index contributed by atoms with van der Waals surface area (Å²) >= 11 is 0. The highest BCUT2D eigenvalue weighted by atomic mass is 16.4. The van der Waals surface area contributed by atoms with Gasteiger partial charge in [-0.25, -0.2) is 0 Å². The van der Waals surface area contributed by atoms with E-state index in [0.29, 0.717) is 12.1 Å². The second-order valence-corrected chi connectivity index (χ2v) is 4.58. The summed E-state index contributed by atoms with van der Waals surface area (Å²) in [6.45, 7) is 1.43. The third-order valence-electron chi connectivity index (χ3n) is 3.31. The summed E-state index contributed by atoms with van der Waals surface area (Å²) in [5, 5.41) is 16.4. The minimum absolute atomic E-state index is 0.0450. The Balaban J connectivity index is 2.11. The van der Waals surface area contributed by atoms with Gasteiger partial charge in [-0.1, -0.05) is 0 Å². The Bertz CT molecular complexity index is 456. The van der Waals surface area contributed by atoms with E-state index in [0.717, 1.165) is 25.1 Å². The van der Waals surface area contributed by atoms with Gasteiger partial charge < -0.3 is 15.7 Å². The predicted molar refractivity (Wildman–Crippen MR) is 70.0 cm³/mol. The number of nitrogen functional groups attached to an aromatic ring is 1. The zero-order chi connectivity index (χ0) is 13.1. The van der Waals surface area contributed by atoms with Crippen LogP contribution >= 0.6 is 0 Å². The number of carboxylic acid groups (broad SMARTS) is 1. The highest BCUT2D eigenvalue weighted by Gasteiger charge is 2.25. The number of carbonyl (C=O) groups is 1. The number of nitrogens with one attached hydrogen (secondary N) is 1. The van der Waals surface area contributed by atoms with Crippen LogP contribution in [0.3, 0.4) is 0 Å². The normalized spacial score (nSPS) is 19.6. The van der Waals surface area contributed by atoms with Gasteiger partial charge in [-0.15, -0.1) is 0 Å². The summed E-state index contributed by atoms with van der Waals surface area (Å²) in [7, 11) is 0. The minimum atomic E-state index is -0.722. The number of anilines is 1. The summed E-state index contributed by atoms with van der Waals surface area (Å²) in [6, 6.07) is 7.37. The maximum Gasteiger partial charge on any atom is 0.308 e. The molecule has 1 heterocycles. The largest absolute Gasteiger partial charge is 0.481 e. The Morgan fingerprint density at radius 3 is 2.61 bits per heavy atom. The summed E-state index contributed by atoms with van der Waals surface area (Å²) in [4.78, 5) is 13.1. The van der Waals surface area contributed by atoms with Crippen molar-refractivity contribution in [1.29, 1.82) is 5.41 Å². The summed E-state index contributed by atoms with van der Waals surface area (Å²) in [5.41, 5.74) is 7.07. The third kappa shape index (κ3) is 2.61. The number of hydrogen-bond acceptors (Lipinski definition) is 3. The highest BCUT2D eigenvalue weighted by Crippen LogP contribution is 2.23. The first-order valence-electron chi connectivity index (χ1n) is 6.00. The van der Waals surface area contributed by atoms with Crippen LogP contribution in [-0.4, -0.2) is 30.0 Å². The Morgan fingerprint density at radius 2 is 2.06 bits per heavy atom. The monoisotopic (exact) mass is 247 g/mol. The lowest BCUT2D eigenvalue weighted by Crippen LogP contribution is -2.38. The van der Waals surface area contributed by atoms with Gasteiger partial charge in [0, 0.05) is 24.3 Å². The molecule has 0 bridgehead atoms. The van der Waals surface area contributed by atoms with Crippen LogP contribution in [0, 0.1) is 11.3 Å². The zero-order valence-electron chi connectivity index (χ0n) is 10.1. The van der Waals surface area contributed by atoms with E-state index < -0.39 is 5.97 Å². The Labute approximate surface area is 106 Å². The first-order valence-corrected chi connectivity index (χ1v) is 6.00. The number of amidine groups is 1. The van der Waals surface area contributed by atoms with Gasteiger partial charge in [-0.3, -0.25) is 10.2 Å². The zero-order valence-corrected chi connectivity index (χ0v) is 10.1. The number of benzene rings is 1. The Morgan fingerprint density at radius 1 is 1.39 bits per heavy atom. The number of carboxylic acids is 1. The van der Waals surface area contributed by atoms with Gasteiger partial charge in [0.2, 0.25) is 0 Å². The maximum atomic E-state index is 11.0. The number of nitrogens with zero attached hydrogens (tertiary/aromatic N) is 1. The molecule has 1 saturated heterocycles. The lowest BCUT2D eigenvalue weighted by atomic mass is 9.97. The van der Waals surface area contributed by atoms with Crippen molar-refractivity contribution in [3.05, 3.63) is 29.8 Å². The lowest BCUT2D eigenvalue weighted by molar-refractivity contribution is -0.141. The summed E-state index contributed by atoms with van der Waals surface area (Å²) in [6.07, 6.45) is 1.64. The van der Waals surface area contributed by atoms with Crippen molar-refractivity contribution < 1.29 is 9.90 Å². The van der Waals surface area contributed by atoms with Gasteiger partial charge >= 0.3 is 5.97 Å². The van der Waals surface area contributed by atoms with Crippen molar-refractivity contribution in [2.75, 3.05) is 18.0 Å². The number of rotatable bonds is 3. The summed E-state index contributed by atoms with van der Waals surface area (Å²) in [5.74, 6) is -0.963. The molecule has 0 amide bonds. The number of hydrogen-bond donors (Lipinski definition) is 3. The average molecular weight is 247 g/mol. The molecule has 1 aliphatic rings. The van der Waals surface area contributed by atoms with Crippen molar-refractivity contribution in [1.82, 2.24) is 0 Å². The second-order valence-electron chi connectivity index (χ2n) is 4.58. The van der Waals surface area contributed by atoms with Crippen LogP contribution in [0.15, 0.2) is 24.3 Å². The topological polar surface area (TPSA) is 90.4 Å². The lowest BCUT2D eigenvalue weighted by Gasteiger charge is -2.32.